The Kier molecular flexibility index (Phi) is 8.00. The van der Waals surface area contributed by atoms with Crippen LogP contribution in [0.2, 0.25) is 0 Å². The summed E-state index contributed by atoms with van der Waals surface area (Å²) in [4.78, 5) is 30.2. The molecule has 0 atom stereocenters. The molecule has 2 aromatic carbocycles. The lowest BCUT2D eigenvalue weighted by atomic mass is 10.1. The number of fused-ring (bicyclic) bond motifs is 1. The van der Waals surface area contributed by atoms with Crippen LogP contribution in [-0.2, 0) is 28.8 Å². The Balaban J connectivity index is 1.58. The molecule has 0 fully saturated rings. The molecule has 2 aromatic heterocycles. The third-order valence-corrected chi connectivity index (χ3v) is 7.07. The zero-order valence-corrected chi connectivity index (χ0v) is 20.8. The van der Waals surface area contributed by atoms with E-state index in [2.05, 4.69) is 10.3 Å². The standard InChI is InChI=1S/C25H22F3N3O3S2/c1-2-34-23(33)17-7-10-21-20(12-17)30-24(36-15-22(32)29-13-19-4-3-11-35-19)31(21)14-16-5-8-18(9-6-16)25(26,27)28/h3-12H,2,13-15H2,1H3,(H,29,32). The molecule has 188 valence electrons. The fraction of sp³-hybridized carbons (Fsp3) is 0.240. The number of benzene rings is 2. The van der Waals surface area contributed by atoms with Crippen LogP contribution < -0.4 is 5.32 Å². The summed E-state index contributed by atoms with van der Waals surface area (Å²) < 4.78 is 45.8. The van der Waals surface area contributed by atoms with Gasteiger partial charge in [0.15, 0.2) is 5.16 Å². The zero-order valence-electron chi connectivity index (χ0n) is 19.2. The molecule has 1 amide bonds. The monoisotopic (exact) mass is 533 g/mol. The van der Waals surface area contributed by atoms with Crippen molar-refractivity contribution in [1.82, 2.24) is 14.9 Å². The first-order valence-corrected chi connectivity index (χ1v) is 12.9. The molecule has 0 aliphatic rings. The topological polar surface area (TPSA) is 73.2 Å². The number of thioether (sulfide) groups is 1. The van der Waals surface area contributed by atoms with Gasteiger partial charge < -0.3 is 14.6 Å². The number of rotatable bonds is 9. The second-order valence-electron chi connectivity index (χ2n) is 7.74. The van der Waals surface area contributed by atoms with Gasteiger partial charge in [0, 0.05) is 4.88 Å². The van der Waals surface area contributed by atoms with Gasteiger partial charge in [0.05, 0.1) is 47.6 Å². The lowest BCUT2D eigenvalue weighted by molar-refractivity contribution is -0.137. The molecule has 4 aromatic rings. The van der Waals surface area contributed by atoms with Gasteiger partial charge in [0.25, 0.3) is 0 Å². The molecule has 0 aliphatic heterocycles. The van der Waals surface area contributed by atoms with Gasteiger partial charge in [-0.1, -0.05) is 30.0 Å². The maximum absolute atomic E-state index is 13.0. The fourth-order valence-corrected chi connectivity index (χ4v) is 4.96. The van der Waals surface area contributed by atoms with Crippen LogP contribution >= 0.6 is 23.1 Å². The molecule has 0 saturated carbocycles. The quantitative estimate of drug-likeness (QED) is 0.219. The van der Waals surface area contributed by atoms with E-state index < -0.39 is 17.7 Å². The number of ether oxygens (including phenoxy) is 1. The van der Waals surface area contributed by atoms with E-state index >= 15 is 0 Å². The average molecular weight is 534 g/mol. The molecule has 0 radical (unpaired) electrons. The van der Waals surface area contributed by atoms with Crippen molar-refractivity contribution in [2.24, 2.45) is 0 Å². The third-order valence-electron chi connectivity index (χ3n) is 5.22. The molecular formula is C25H22F3N3O3S2. The number of imidazole rings is 1. The Morgan fingerprint density at radius 2 is 1.92 bits per heavy atom. The molecule has 0 spiro atoms. The highest BCUT2D eigenvalue weighted by molar-refractivity contribution is 7.99. The van der Waals surface area contributed by atoms with Gasteiger partial charge >= 0.3 is 12.1 Å². The summed E-state index contributed by atoms with van der Waals surface area (Å²) in [6.45, 7) is 2.63. The van der Waals surface area contributed by atoms with Crippen LogP contribution in [0.3, 0.4) is 0 Å². The normalized spacial score (nSPS) is 11.6. The Bertz CT molecular complexity index is 1350. The molecule has 0 saturated heterocycles. The number of halogens is 3. The number of carbonyl (C=O) groups is 2. The number of nitrogens with one attached hydrogen (secondary N) is 1. The van der Waals surface area contributed by atoms with E-state index in [-0.39, 0.29) is 24.8 Å². The predicted octanol–water partition coefficient (Wildman–Crippen LogP) is 5.75. The zero-order chi connectivity index (χ0) is 25.7. The van der Waals surface area contributed by atoms with E-state index in [0.29, 0.717) is 33.9 Å². The van der Waals surface area contributed by atoms with Gasteiger partial charge in [-0.05, 0) is 54.3 Å². The number of hydrogen-bond acceptors (Lipinski definition) is 6. The van der Waals surface area contributed by atoms with Crippen LogP contribution in [0.25, 0.3) is 11.0 Å². The SMILES string of the molecule is CCOC(=O)c1ccc2c(c1)nc(SCC(=O)NCc1cccs1)n2Cc1ccc(C(F)(F)F)cc1. The van der Waals surface area contributed by atoms with Crippen molar-refractivity contribution in [3.63, 3.8) is 0 Å². The molecule has 4 rings (SSSR count). The summed E-state index contributed by atoms with van der Waals surface area (Å²) in [5.74, 6) is -0.542. The first kappa shape index (κ1) is 25.8. The van der Waals surface area contributed by atoms with Crippen molar-refractivity contribution in [2.75, 3.05) is 12.4 Å². The number of thiophene rings is 1. The molecule has 0 unspecified atom stereocenters. The fourth-order valence-electron chi connectivity index (χ4n) is 3.47. The summed E-state index contributed by atoms with van der Waals surface area (Å²) in [6, 6.07) is 13.7. The van der Waals surface area contributed by atoms with E-state index in [1.165, 1.54) is 23.9 Å². The third kappa shape index (κ3) is 6.27. The molecule has 36 heavy (non-hydrogen) atoms. The van der Waals surface area contributed by atoms with Crippen LogP contribution in [0.5, 0.6) is 0 Å². The Morgan fingerprint density at radius 1 is 1.14 bits per heavy atom. The number of aromatic nitrogens is 2. The highest BCUT2D eigenvalue weighted by atomic mass is 32.2. The molecule has 0 aliphatic carbocycles. The van der Waals surface area contributed by atoms with Crippen LogP contribution in [0.15, 0.2) is 65.1 Å². The minimum Gasteiger partial charge on any atom is -0.462 e. The van der Waals surface area contributed by atoms with Crippen LogP contribution in [0.1, 0.15) is 33.3 Å². The number of carbonyl (C=O) groups excluding carboxylic acids is 2. The van der Waals surface area contributed by atoms with Crippen LogP contribution in [-0.4, -0.2) is 33.8 Å². The second kappa shape index (κ2) is 11.2. The summed E-state index contributed by atoms with van der Waals surface area (Å²) in [7, 11) is 0. The van der Waals surface area contributed by atoms with Crippen molar-refractivity contribution in [2.45, 2.75) is 31.3 Å². The van der Waals surface area contributed by atoms with E-state index in [9.17, 15) is 22.8 Å². The smallest absolute Gasteiger partial charge is 0.416 e. The van der Waals surface area contributed by atoms with Gasteiger partial charge in [0.1, 0.15) is 0 Å². The number of amides is 1. The largest absolute Gasteiger partial charge is 0.462 e. The summed E-state index contributed by atoms with van der Waals surface area (Å²) in [5, 5.41) is 5.31. The van der Waals surface area contributed by atoms with Crippen molar-refractivity contribution < 1.29 is 27.5 Å². The maximum Gasteiger partial charge on any atom is 0.416 e. The molecule has 6 nitrogen and oxygen atoms in total. The predicted molar refractivity (Wildman–Crippen MR) is 133 cm³/mol. The molecule has 11 heteroatoms. The van der Waals surface area contributed by atoms with E-state index in [4.69, 9.17) is 4.74 Å². The lowest BCUT2D eigenvalue weighted by Crippen LogP contribution is -2.24. The van der Waals surface area contributed by atoms with Gasteiger partial charge in [-0.15, -0.1) is 11.3 Å². The van der Waals surface area contributed by atoms with Crippen molar-refractivity contribution in [3.8, 4) is 0 Å². The van der Waals surface area contributed by atoms with Gasteiger partial charge in [0.2, 0.25) is 5.91 Å². The van der Waals surface area contributed by atoms with Gasteiger partial charge in [-0.3, -0.25) is 4.79 Å². The van der Waals surface area contributed by atoms with Crippen molar-refractivity contribution in [1.29, 1.82) is 0 Å². The Morgan fingerprint density at radius 3 is 2.58 bits per heavy atom. The van der Waals surface area contributed by atoms with Crippen LogP contribution in [0.4, 0.5) is 13.2 Å². The van der Waals surface area contributed by atoms with Crippen molar-refractivity contribution >= 4 is 46.0 Å². The lowest BCUT2D eigenvalue weighted by Gasteiger charge is -2.11. The number of alkyl halides is 3. The number of hydrogen-bond donors (Lipinski definition) is 1. The summed E-state index contributed by atoms with van der Waals surface area (Å²) in [5.41, 5.74) is 1.46. The first-order valence-electron chi connectivity index (χ1n) is 11.0. The Labute approximate surface area is 213 Å². The number of nitrogens with zero attached hydrogens (tertiary/aromatic N) is 2. The minimum atomic E-state index is -4.42. The van der Waals surface area contributed by atoms with Crippen LogP contribution in [0, 0.1) is 0 Å². The van der Waals surface area contributed by atoms with E-state index in [1.807, 2.05) is 22.1 Å². The van der Waals surface area contributed by atoms with Gasteiger partial charge in [-0.2, -0.15) is 13.2 Å². The minimum absolute atomic E-state index is 0.104. The number of esters is 1. The molecule has 2 heterocycles. The highest BCUT2D eigenvalue weighted by Crippen LogP contribution is 2.30. The molecule has 0 bridgehead atoms. The maximum atomic E-state index is 13.0. The van der Waals surface area contributed by atoms with E-state index in [1.54, 1.807) is 36.5 Å². The second-order valence-corrected chi connectivity index (χ2v) is 9.72. The first-order chi connectivity index (χ1) is 17.2. The van der Waals surface area contributed by atoms with Gasteiger partial charge in [-0.25, -0.2) is 9.78 Å². The summed E-state index contributed by atoms with van der Waals surface area (Å²) >= 11 is 2.77. The molecular weight excluding hydrogens is 511 g/mol. The average Bonchev–Trinajstić information content (AvgIpc) is 3.49. The molecule has 1 N–H and O–H groups in total. The highest BCUT2D eigenvalue weighted by Gasteiger charge is 2.30. The summed E-state index contributed by atoms with van der Waals surface area (Å²) in [6.07, 6.45) is -4.42. The van der Waals surface area contributed by atoms with Crippen molar-refractivity contribution in [3.05, 3.63) is 81.5 Å². The Hall–Kier alpha value is -3.31. The van der Waals surface area contributed by atoms with E-state index in [0.717, 1.165) is 17.0 Å².